The van der Waals surface area contributed by atoms with Crippen LogP contribution in [0.5, 0.6) is 0 Å². The highest BCUT2D eigenvalue weighted by Crippen LogP contribution is 2.25. The molecular formula is C13H15IN2O. The third kappa shape index (κ3) is 2.87. The Labute approximate surface area is 115 Å². The zero-order valence-electron chi connectivity index (χ0n) is 9.89. The van der Waals surface area contributed by atoms with Crippen molar-refractivity contribution in [2.75, 3.05) is 0 Å². The van der Waals surface area contributed by atoms with Crippen molar-refractivity contribution in [3.05, 3.63) is 50.9 Å². The van der Waals surface area contributed by atoms with Gasteiger partial charge in [0.25, 0.3) is 0 Å². The highest BCUT2D eigenvalue weighted by molar-refractivity contribution is 14.1. The van der Waals surface area contributed by atoms with Crippen molar-refractivity contribution in [1.29, 1.82) is 0 Å². The number of hydrogen-bond acceptors (Lipinski definition) is 2. The van der Waals surface area contributed by atoms with Gasteiger partial charge < -0.3 is 5.11 Å². The second-order valence-corrected chi connectivity index (χ2v) is 5.26. The van der Waals surface area contributed by atoms with Crippen LogP contribution in [0.4, 0.5) is 0 Å². The fourth-order valence-corrected chi connectivity index (χ4v) is 2.53. The predicted molar refractivity (Wildman–Crippen MR) is 75.8 cm³/mol. The highest BCUT2D eigenvalue weighted by Gasteiger charge is 2.14. The largest absolute Gasteiger partial charge is 0.388 e. The first-order valence-corrected chi connectivity index (χ1v) is 6.57. The highest BCUT2D eigenvalue weighted by atomic mass is 127. The van der Waals surface area contributed by atoms with Crippen LogP contribution in [0.2, 0.25) is 0 Å². The van der Waals surface area contributed by atoms with Gasteiger partial charge in [-0.2, -0.15) is 5.10 Å². The molecule has 2 rings (SSSR count). The van der Waals surface area contributed by atoms with Crippen molar-refractivity contribution in [3.63, 3.8) is 0 Å². The summed E-state index contributed by atoms with van der Waals surface area (Å²) in [4.78, 5) is 0. The van der Waals surface area contributed by atoms with E-state index in [4.69, 9.17) is 0 Å². The predicted octanol–water partition coefficient (Wildman–Crippen LogP) is 2.61. The Bertz CT molecular complexity index is 522. The van der Waals surface area contributed by atoms with Crippen LogP contribution in [0.3, 0.4) is 0 Å². The van der Waals surface area contributed by atoms with Gasteiger partial charge in [-0.25, -0.2) is 0 Å². The van der Waals surface area contributed by atoms with Crippen LogP contribution in [0.25, 0.3) is 0 Å². The van der Waals surface area contributed by atoms with E-state index in [-0.39, 0.29) is 0 Å². The van der Waals surface area contributed by atoms with Crippen LogP contribution < -0.4 is 0 Å². The number of aliphatic hydroxyl groups is 1. The maximum atomic E-state index is 10.2. The quantitative estimate of drug-likeness (QED) is 0.871. The summed E-state index contributed by atoms with van der Waals surface area (Å²) in [7, 11) is 1.88. The lowest BCUT2D eigenvalue weighted by atomic mass is 10.0. The molecule has 1 N–H and O–H groups in total. The van der Waals surface area contributed by atoms with E-state index in [0.29, 0.717) is 6.42 Å². The first-order valence-electron chi connectivity index (χ1n) is 5.49. The summed E-state index contributed by atoms with van der Waals surface area (Å²) in [5.41, 5.74) is 3.09. The molecule has 0 aliphatic carbocycles. The number of halogens is 1. The first-order chi connectivity index (χ1) is 8.08. The molecule has 0 amide bonds. The number of benzene rings is 1. The van der Waals surface area contributed by atoms with Gasteiger partial charge in [0, 0.05) is 23.2 Å². The van der Waals surface area contributed by atoms with Gasteiger partial charge in [-0.15, -0.1) is 0 Å². The van der Waals surface area contributed by atoms with E-state index in [1.54, 1.807) is 4.68 Å². The van der Waals surface area contributed by atoms with Gasteiger partial charge in [0.05, 0.1) is 11.8 Å². The molecule has 1 heterocycles. The van der Waals surface area contributed by atoms with Gasteiger partial charge in [-0.05, 0) is 46.7 Å². The third-order valence-corrected chi connectivity index (χ3v) is 4.23. The Morgan fingerprint density at radius 1 is 1.41 bits per heavy atom. The molecule has 0 aliphatic heterocycles. The molecule has 90 valence electrons. The summed E-state index contributed by atoms with van der Waals surface area (Å²) in [6, 6.07) is 7.95. The Morgan fingerprint density at radius 2 is 2.18 bits per heavy atom. The number of hydrogen-bond donors (Lipinski definition) is 1. The normalized spacial score (nSPS) is 12.7. The standard InChI is InChI=1S/C13H15IN2O/c1-9-4-3-5-11(13(9)14)12(17)8-10-6-7-16(2)15-10/h3-7,12,17H,8H2,1-2H3. The molecule has 0 bridgehead atoms. The lowest BCUT2D eigenvalue weighted by Crippen LogP contribution is -2.05. The van der Waals surface area contributed by atoms with E-state index in [9.17, 15) is 5.11 Å². The van der Waals surface area contributed by atoms with E-state index in [2.05, 4.69) is 40.7 Å². The van der Waals surface area contributed by atoms with Crippen molar-refractivity contribution in [2.24, 2.45) is 7.05 Å². The first kappa shape index (κ1) is 12.6. The fraction of sp³-hybridized carbons (Fsp3) is 0.308. The van der Waals surface area contributed by atoms with Crippen LogP contribution in [-0.4, -0.2) is 14.9 Å². The molecule has 1 aromatic carbocycles. The number of nitrogens with zero attached hydrogens (tertiary/aromatic N) is 2. The van der Waals surface area contributed by atoms with Gasteiger partial charge in [-0.1, -0.05) is 18.2 Å². The van der Waals surface area contributed by atoms with Crippen molar-refractivity contribution in [2.45, 2.75) is 19.4 Å². The van der Waals surface area contributed by atoms with Crippen LogP contribution in [-0.2, 0) is 13.5 Å². The molecule has 1 aromatic heterocycles. The molecule has 0 saturated heterocycles. The van der Waals surface area contributed by atoms with E-state index in [1.807, 2.05) is 31.4 Å². The van der Waals surface area contributed by atoms with Crippen LogP contribution in [0, 0.1) is 10.5 Å². The average Bonchev–Trinajstić information content (AvgIpc) is 2.68. The van der Waals surface area contributed by atoms with E-state index in [0.717, 1.165) is 14.8 Å². The van der Waals surface area contributed by atoms with Crippen molar-refractivity contribution < 1.29 is 5.11 Å². The van der Waals surface area contributed by atoms with E-state index >= 15 is 0 Å². The zero-order valence-corrected chi connectivity index (χ0v) is 12.0. The summed E-state index contributed by atoms with van der Waals surface area (Å²) in [5.74, 6) is 0. The summed E-state index contributed by atoms with van der Waals surface area (Å²) in [5, 5.41) is 14.5. The summed E-state index contributed by atoms with van der Waals surface area (Å²) in [6.45, 7) is 2.05. The van der Waals surface area contributed by atoms with Crippen LogP contribution in [0.1, 0.15) is 22.9 Å². The van der Waals surface area contributed by atoms with Gasteiger partial charge in [0.2, 0.25) is 0 Å². The monoisotopic (exact) mass is 342 g/mol. The van der Waals surface area contributed by atoms with Crippen LogP contribution >= 0.6 is 22.6 Å². The number of aromatic nitrogens is 2. The Balaban J connectivity index is 2.20. The SMILES string of the molecule is Cc1cccc(C(O)Cc2ccn(C)n2)c1I. The fourth-order valence-electron chi connectivity index (χ4n) is 1.81. The molecule has 1 atom stereocenters. The number of rotatable bonds is 3. The maximum Gasteiger partial charge on any atom is 0.0856 e. The number of aliphatic hydroxyl groups excluding tert-OH is 1. The van der Waals surface area contributed by atoms with Crippen LogP contribution in [0.15, 0.2) is 30.5 Å². The van der Waals surface area contributed by atoms with Gasteiger partial charge in [-0.3, -0.25) is 4.68 Å². The second kappa shape index (κ2) is 5.18. The average molecular weight is 342 g/mol. The lowest BCUT2D eigenvalue weighted by Gasteiger charge is -2.13. The smallest absolute Gasteiger partial charge is 0.0856 e. The summed E-state index contributed by atoms with van der Waals surface area (Å²) >= 11 is 2.28. The zero-order chi connectivity index (χ0) is 12.4. The van der Waals surface area contributed by atoms with Gasteiger partial charge >= 0.3 is 0 Å². The van der Waals surface area contributed by atoms with E-state index < -0.39 is 6.10 Å². The summed E-state index contributed by atoms with van der Waals surface area (Å²) in [6.07, 6.45) is 1.96. The Morgan fingerprint density at radius 3 is 2.82 bits per heavy atom. The Hall–Kier alpha value is -0.880. The number of aryl methyl sites for hydroxylation is 2. The molecule has 2 aromatic rings. The molecule has 0 radical (unpaired) electrons. The molecule has 1 unspecified atom stereocenters. The van der Waals surface area contributed by atoms with E-state index in [1.165, 1.54) is 5.56 Å². The molecule has 0 saturated carbocycles. The molecule has 0 fully saturated rings. The van der Waals surface area contributed by atoms with Crippen molar-refractivity contribution in [3.8, 4) is 0 Å². The minimum atomic E-state index is -0.489. The van der Waals surface area contributed by atoms with Crippen molar-refractivity contribution >= 4 is 22.6 Å². The molecule has 0 spiro atoms. The minimum Gasteiger partial charge on any atom is -0.388 e. The minimum absolute atomic E-state index is 0.489. The van der Waals surface area contributed by atoms with Gasteiger partial charge in [0.15, 0.2) is 0 Å². The molecule has 0 aliphatic rings. The topological polar surface area (TPSA) is 38.0 Å². The summed E-state index contributed by atoms with van der Waals surface area (Å²) < 4.78 is 2.89. The lowest BCUT2D eigenvalue weighted by molar-refractivity contribution is 0.176. The third-order valence-electron chi connectivity index (χ3n) is 2.75. The maximum absolute atomic E-state index is 10.2. The Kier molecular flexibility index (Phi) is 3.83. The van der Waals surface area contributed by atoms with Gasteiger partial charge in [0.1, 0.15) is 0 Å². The van der Waals surface area contributed by atoms with Crippen molar-refractivity contribution in [1.82, 2.24) is 9.78 Å². The molecule has 4 heteroatoms. The molecule has 17 heavy (non-hydrogen) atoms. The molecule has 3 nitrogen and oxygen atoms in total. The molecular weight excluding hydrogens is 327 g/mol. The second-order valence-electron chi connectivity index (χ2n) is 4.18.